The van der Waals surface area contributed by atoms with Crippen molar-refractivity contribution in [1.29, 1.82) is 0 Å². The molecule has 0 bridgehead atoms. The second kappa shape index (κ2) is 11.0. The zero-order valence-electron chi connectivity index (χ0n) is 17.7. The number of alkyl halides is 3. The van der Waals surface area contributed by atoms with E-state index in [9.17, 15) is 27.2 Å². The fraction of sp³-hybridized carbons (Fsp3) is 0.333. The third kappa shape index (κ3) is 6.67. The molecule has 0 unspecified atom stereocenters. The van der Waals surface area contributed by atoms with Crippen LogP contribution < -0.4 is 9.46 Å². The van der Waals surface area contributed by atoms with Crippen molar-refractivity contribution >= 4 is 41.2 Å². The van der Waals surface area contributed by atoms with Crippen molar-refractivity contribution in [2.45, 2.75) is 31.7 Å². The van der Waals surface area contributed by atoms with Gasteiger partial charge < -0.3 is 18.9 Å². The van der Waals surface area contributed by atoms with E-state index in [0.29, 0.717) is 18.0 Å². The maximum Gasteiger partial charge on any atom is 0.416 e. The van der Waals surface area contributed by atoms with Crippen molar-refractivity contribution in [3.63, 3.8) is 0 Å². The molecule has 0 aliphatic rings. The number of ether oxygens (including phenoxy) is 3. The molecule has 0 aromatic heterocycles. The molecule has 1 N–H and O–H groups in total. The van der Waals surface area contributed by atoms with E-state index >= 15 is 0 Å². The predicted octanol–water partition coefficient (Wildman–Crippen LogP) is 6.24. The second-order valence-electron chi connectivity index (χ2n) is 6.56. The van der Waals surface area contributed by atoms with Crippen molar-refractivity contribution in [3.8, 4) is 11.5 Å². The number of hydrogen-bond acceptors (Lipinski definition) is 7. The largest absolute Gasteiger partial charge is 0.464 e. The third-order valence-corrected chi connectivity index (χ3v) is 5.48. The van der Waals surface area contributed by atoms with Gasteiger partial charge in [0, 0.05) is 6.07 Å². The lowest BCUT2D eigenvalue weighted by atomic mass is 10.2. The topological polar surface area (TPSA) is 73.9 Å². The van der Waals surface area contributed by atoms with Crippen LogP contribution in [-0.2, 0) is 25.2 Å². The van der Waals surface area contributed by atoms with Crippen molar-refractivity contribution in [2.75, 3.05) is 17.9 Å². The molecule has 33 heavy (non-hydrogen) atoms. The molecule has 0 fully saturated rings. The molecule has 2 aromatic carbocycles. The normalized spacial score (nSPS) is 11.6. The highest BCUT2D eigenvalue weighted by Gasteiger charge is 2.46. The van der Waals surface area contributed by atoms with Gasteiger partial charge in [0.05, 0.1) is 29.5 Å². The van der Waals surface area contributed by atoms with Gasteiger partial charge in [-0.25, -0.2) is 14.0 Å². The Morgan fingerprint density at radius 3 is 2.12 bits per heavy atom. The zero-order valence-corrected chi connectivity index (χ0v) is 19.3. The summed E-state index contributed by atoms with van der Waals surface area (Å²) < 4.78 is 68.8. The van der Waals surface area contributed by atoms with Gasteiger partial charge in [-0.05, 0) is 63.1 Å². The van der Waals surface area contributed by atoms with Gasteiger partial charge in [0.15, 0.2) is 5.82 Å². The highest BCUT2D eigenvalue weighted by atomic mass is 35.5. The zero-order chi connectivity index (χ0) is 24.8. The molecular formula is C21H20ClF4NO5S. The molecule has 6 nitrogen and oxygen atoms in total. The van der Waals surface area contributed by atoms with E-state index in [1.165, 1.54) is 19.1 Å². The van der Waals surface area contributed by atoms with Crippen LogP contribution in [0, 0.1) is 5.82 Å². The SMILES string of the molecule is CCOC(=O)C(C)(SNc1ccc(Oc2ccc(C(F)(F)F)cc2Cl)cc1F)C(=O)OCC. The molecule has 0 aliphatic carbocycles. The number of halogens is 5. The summed E-state index contributed by atoms with van der Waals surface area (Å²) in [6.45, 7) is 4.48. The van der Waals surface area contributed by atoms with E-state index in [4.69, 9.17) is 25.8 Å². The highest BCUT2D eigenvalue weighted by Crippen LogP contribution is 2.37. The molecule has 0 radical (unpaired) electrons. The first-order valence-electron chi connectivity index (χ1n) is 9.55. The maximum atomic E-state index is 14.6. The van der Waals surface area contributed by atoms with Gasteiger partial charge in [0.1, 0.15) is 11.5 Å². The molecule has 180 valence electrons. The molecule has 0 aliphatic heterocycles. The number of hydrogen-bond donors (Lipinski definition) is 1. The quantitative estimate of drug-likeness (QED) is 0.186. The van der Waals surface area contributed by atoms with Crippen LogP contribution in [0.5, 0.6) is 11.5 Å². The van der Waals surface area contributed by atoms with Crippen LogP contribution >= 0.6 is 23.5 Å². The van der Waals surface area contributed by atoms with Gasteiger partial charge in [-0.2, -0.15) is 13.2 Å². The van der Waals surface area contributed by atoms with Crippen molar-refractivity contribution in [1.82, 2.24) is 0 Å². The van der Waals surface area contributed by atoms with E-state index in [0.717, 1.165) is 18.2 Å². The Kier molecular flexibility index (Phi) is 8.84. The summed E-state index contributed by atoms with van der Waals surface area (Å²) in [4.78, 5) is 24.6. The smallest absolute Gasteiger partial charge is 0.416 e. The van der Waals surface area contributed by atoms with Gasteiger partial charge in [-0.15, -0.1) is 0 Å². The molecular weight excluding hydrogens is 490 g/mol. The number of anilines is 1. The van der Waals surface area contributed by atoms with E-state index in [-0.39, 0.29) is 35.4 Å². The van der Waals surface area contributed by atoms with Crippen LogP contribution in [0.1, 0.15) is 26.3 Å². The van der Waals surface area contributed by atoms with Gasteiger partial charge in [-0.3, -0.25) is 0 Å². The van der Waals surface area contributed by atoms with Gasteiger partial charge in [0.2, 0.25) is 4.75 Å². The van der Waals surface area contributed by atoms with Crippen LogP contribution in [0.2, 0.25) is 5.02 Å². The Morgan fingerprint density at radius 2 is 1.64 bits per heavy atom. The van der Waals surface area contributed by atoms with Crippen molar-refractivity contribution in [2.24, 2.45) is 0 Å². The van der Waals surface area contributed by atoms with Crippen LogP contribution in [0.4, 0.5) is 23.2 Å². The summed E-state index contributed by atoms with van der Waals surface area (Å²) >= 11 is 6.44. The minimum absolute atomic E-state index is 0.0291. The molecule has 0 spiro atoms. The number of carbonyl (C=O) groups is 2. The highest BCUT2D eigenvalue weighted by molar-refractivity contribution is 8.03. The third-order valence-electron chi connectivity index (χ3n) is 4.12. The molecule has 0 atom stereocenters. The lowest BCUT2D eigenvalue weighted by Crippen LogP contribution is -2.44. The van der Waals surface area contributed by atoms with E-state index in [2.05, 4.69) is 4.72 Å². The number of nitrogens with one attached hydrogen (secondary N) is 1. The summed E-state index contributed by atoms with van der Waals surface area (Å²) in [6.07, 6.45) is -4.57. The molecule has 0 saturated heterocycles. The predicted molar refractivity (Wildman–Crippen MR) is 116 cm³/mol. The first kappa shape index (κ1) is 26.6. The summed E-state index contributed by atoms with van der Waals surface area (Å²) in [5.74, 6) is -2.69. The fourth-order valence-electron chi connectivity index (χ4n) is 2.39. The summed E-state index contributed by atoms with van der Waals surface area (Å²) in [5, 5.41) is -0.303. The standard InChI is InChI=1S/C21H20ClF4NO5S/c1-4-30-18(28)20(3,19(29)31-5-2)33-27-16-8-7-13(11-15(16)23)32-17-9-6-12(10-14(17)22)21(24,25)26/h6-11,27H,4-5H2,1-3H3. The first-order valence-corrected chi connectivity index (χ1v) is 10.7. The van der Waals surface area contributed by atoms with Crippen LogP contribution in [-0.4, -0.2) is 29.9 Å². The lowest BCUT2D eigenvalue weighted by Gasteiger charge is -2.24. The molecule has 0 amide bonds. The van der Waals surface area contributed by atoms with E-state index in [1.807, 2.05) is 0 Å². The molecule has 0 saturated carbocycles. The lowest BCUT2D eigenvalue weighted by molar-refractivity contribution is -0.157. The number of carbonyl (C=O) groups excluding carboxylic acids is 2. The van der Waals surface area contributed by atoms with Crippen LogP contribution in [0.25, 0.3) is 0 Å². The minimum atomic E-state index is -4.57. The summed E-state index contributed by atoms with van der Waals surface area (Å²) in [7, 11) is 0. The van der Waals surface area contributed by atoms with E-state index < -0.39 is 34.2 Å². The first-order chi connectivity index (χ1) is 15.4. The Hall–Kier alpha value is -2.66. The Morgan fingerprint density at radius 1 is 1.03 bits per heavy atom. The average molecular weight is 510 g/mol. The fourth-order valence-corrected chi connectivity index (χ4v) is 3.37. The monoisotopic (exact) mass is 509 g/mol. The van der Waals surface area contributed by atoms with Crippen molar-refractivity contribution < 1.29 is 41.4 Å². The molecule has 0 heterocycles. The Labute approximate surface area is 196 Å². The number of benzene rings is 2. The minimum Gasteiger partial charge on any atom is -0.464 e. The van der Waals surface area contributed by atoms with Crippen molar-refractivity contribution in [3.05, 3.63) is 52.8 Å². The summed E-state index contributed by atoms with van der Waals surface area (Å²) in [6, 6.07) is 6.05. The van der Waals surface area contributed by atoms with Crippen LogP contribution in [0.3, 0.4) is 0 Å². The molecule has 2 rings (SSSR count). The number of rotatable bonds is 9. The molecule has 12 heteroatoms. The second-order valence-corrected chi connectivity index (χ2v) is 8.20. The maximum absolute atomic E-state index is 14.6. The van der Waals surface area contributed by atoms with Gasteiger partial charge in [-0.1, -0.05) is 11.6 Å². The summed E-state index contributed by atoms with van der Waals surface area (Å²) in [5.41, 5.74) is -1.04. The average Bonchev–Trinajstić information content (AvgIpc) is 2.74. The Balaban J connectivity index is 2.17. The van der Waals surface area contributed by atoms with Gasteiger partial charge in [0.25, 0.3) is 0 Å². The van der Waals surface area contributed by atoms with E-state index in [1.54, 1.807) is 13.8 Å². The van der Waals surface area contributed by atoms with Crippen LogP contribution in [0.15, 0.2) is 36.4 Å². The van der Waals surface area contributed by atoms with Gasteiger partial charge >= 0.3 is 18.1 Å². The Bertz CT molecular complexity index is 1000. The molecule has 2 aromatic rings. The number of esters is 2.